The molecule has 0 aliphatic carbocycles. The summed E-state index contributed by atoms with van der Waals surface area (Å²) >= 11 is 1.15. The summed E-state index contributed by atoms with van der Waals surface area (Å²) in [6, 6.07) is 7.54. The number of benzene rings is 1. The average molecular weight is 360 g/mol. The molecule has 1 aromatic heterocycles. The number of nitro benzene ring substituents is 1. The van der Waals surface area contributed by atoms with Gasteiger partial charge in [-0.2, -0.15) is 0 Å². The number of aryl methyl sites for hydroxylation is 1. The lowest BCUT2D eigenvalue weighted by atomic mass is 10.2. The number of anilines is 1. The number of esters is 1. The number of thiophene rings is 1. The highest BCUT2D eigenvalue weighted by molar-refractivity contribution is 7.18. The van der Waals surface area contributed by atoms with Crippen LogP contribution >= 0.6 is 11.3 Å². The zero-order chi connectivity index (χ0) is 18.4. The number of nitro groups is 1. The second-order valence-corrected chi connectivity index (χ2v) is 6.07. The lowest BCUT2D eigenvalue weighted by Gasteiger charge is -1.99. The molecule has 0 aliphatic heterocycles. The van der Waals surface area contributed by atoms with Crippen molar-refractivity contribution in [3.8, 4) is 0 Å². The molecule has 1 N–H and O–H groups in total. The minimum atomic E-state index is -0.486. The minimum absolute atomic E-state index is 0.0119. The van der Waals surface area contributed by atoms with Gasteiger partial charge in [0.2, 0.25) is 5.91 Å². The van der Waals surface area contributed by atoms with Gasteiger partial charge in [-0.3, -0.25) is 14.9 Å². The zero-order valence-electron chi connectivity index (χ0n) is 13.6. The third-order valence-electron chi connectivity index (χ3n) is 3.16. The molecule has 0 atom stereocenters. The number of carbonyl (C=O) groups excluding carboxylic acids is 2. The van der Waals surface area contributed by atoms with Crippen LogP contribution in [0.1, 0.15) is 27.7 Å². The Labute approximate surface area is 148 Å². The molecule has 0 fully saturated rings. The van der Waals surface area contributed by atoms with Crippen molar-refractivity contribution < 1.29 is 19.2 Å². The molecule has 7 nitrogen and oxygen atoms in total. The second-order valence-electron chi connectivity index (χ2n) is 5.01. The number of rotatable bonds is 6. The van der Waals surface area contributed by atoms with Crippen molar-refractivity contribution in [3.63, 3.8) is 0 Å². The van der Waals surface area contributed by atoms with Gasteiger partial charge in [-0.1, -0.05) is 0 Å². The first-order valence-electron chi connectivity index (χ1n) is 7.41. The molecule has 1 aromatic carbocycles. The molecule has 25 heavy (non-hydrogen) atoms. The van der Waals surface area contributed by atoms with Crippen molar-refractivity contribution in [2.45, 2.75) is 13.8 Å². The van der Waals surface area contributed by atoms with E-state index in [9.17, 15) is 19.7 Å². The van der Waals surface area contributed by atoms with Gasteiger partial charge in [0.1, 0.15) is 4.88 Å². The monoisotopic (exact) mass is 360 g/mol. The van der Waals surface area contributed by atoms with Crippen molar-refractivity contribution in [1.29, 1.82) is 0 Å². The van der Waals surface area contributed by atoms with Gasteiger partial charge in [-0.25, -0.2) is 4.79 Å². The maximum Gasteiger partial charge on any atom is 0.348 e. The molecule has 0 bridgehead atoms. The van der Waals surface area contributed by atoms with Crippen LogP contribution in [0.25, 0.3) is 6.08 Å². The number of nitrogens with zero attached hydrogens (tertiary/aromatic N) is 1. The van der Waals surface area contributed by atoms with Crippen LogP contribution in [0.5, 0.6) is 0 Å². The van der Waals surface area contributed by atoms with Gasteiger partial charge >= 0.3 is 5.97 Å². The molecule has 1 heterocycles. The first kappa shape index (κ1) is 18.3. The maximum absolute atomic E-state index is 12.0. The summed E-state index contributed by atoms with van der Waals surface area (Å²) in [5.74, 6) is -0.776. The topological polar surface area (TPSA) is 98.5 Å². The standard InChI is InChI=1S/C17H16N2O5S/c1-3-24-17(21)16-11(2)10-15(25-16)18-14(20)9-6-12-4-7-13(8-5-12)19(22)23/h4-10H,3H2,1-2H3,(H,18,20)/b9-6+. The Morgan fingerprint density at radius 2 is 2.00 bits per heavy atom. The molecule has 2 aromatic rings. The Morgan fingerprint density at radius 3 is 2.60 bits per heavy atom. The Kier molecular flexibility index (Phi) is 6.02. The van der Waals surface area contributed by atoms with E-state index in [0.717, 1.165) is 16.9 Å². The second kappa shape index (κ2) is 8.20. The van der Waals surface area contributed by atoms with Gasteiger partial charge < -0.3 is 10.1 Å². The normalized spacial score (nSPS) is 10.6. The quantitative estimate of drug-likeness (QED) is 0.366. The highest BCUT2D eigenvalue weighted by Gasteiger charge is 2.15. The Balaban J connectivity index is 2.01. The van der Waals surface area contributed by atoms with Crippen LogP contribution in [0.4, 0.5) is 10.7 Å². The zero-order valence-corrected chi connectivity index (χ0v) is 14.5. The fourth-order valence-corrected chi connectivity index (χ4v) is 2.95. The van der Waals surface area contributed by atoms with Gasteiger partial charge in [0.05, 0.1) is 16.5 Å². The molecular formula is C17H16N2O5S. The third-order valence-corrected chi connectivity index (χ3v) is 4.29. The van der Waals surface area contributed by atoms with Crippen molar-refractivity contribution in [2.75, 3.05) is 11.9 Å². The summed E-state index contributed by atoms with van der Waals surface area (Å²) in [5.41, 5.74) is 1.38. The molecule has 0 radical (unpaired) electrons. The van der Waals surface area contributed by atoms with Gasteiger partial charge in [-0.05, 0) is 49.2 Å². The van der Waals surface area contributed by atoms with E-state index in [1.165, 1.54) is 18.2 Å². The summed E-state index contributed by atoms with van der Waals surface area (Å²) in [6.45, 7) is 3.79. The van der Waals surface area contributed by atoms with Crippen molar-refractivity contribution >= 4 is 40.0 Å². The summed E-state index contributed by atoms with van der Waals surface area (Å²) in [4.78, 5) is 34.3. The largest absolute Gasteiger partial charge is 0.462 e. The fraction of sp³-hybridized carbons (Fsp3) is 0.176. The molecular weight excluding hydrogens is 344 g/mol. The molecule has 1 amide bonds. The predicted octanol–water partition coefficient (Wildman–Crippen LogP) is 3.79. The molecule has 2 rings (SSSR count). The van der Waals surface area contributed by atoms with E-state index in [2.05, 4.69) is 5.32 Å². The van der Waals surface area contributed by atoms with Crippen LogP contribution in [-0.2, 0) is 9.53 Å². The third kappa shape index (κ3) is 4.98. The van der Waals surface area contributed by atoms with Gasteiger partial charge in [0.15, 0.2) is 0 Å². The number of amides is 1. The SMILES string of the molecule is CCOC(=O)c1sc(NC(=O)/C=C/c2ccc([N+](=O)[O-])cc2)cc1C. The smallest absolute Gasteiger partial charge is 0.348 e. The van der Waals surface area contributed by atoms with Crippen molar-refractivity contribution in [1.82, 2.24) is 0 Å². The number of carbonyl (C=O) groups is 2. The number of nitrogens with one attached hydrogen (secondary N) is 1. The number of non-ortho nitro benzene ring substituents is 1. The van der Waals surface area contributed by atoms with Crippen LogP contribution < -0.4 is 5.32 Å². The van der Waals surface area contributed by atoms with E-state index in [4.69, 9.17) is 4.74 Å². The lowest BCUT2D eigenvalue weighted by Crippen LogP contribution is -2.06. The molecule has 0 saturated heterocycles. The predicted molar refractivity (Wildman–Crippen MR) is 95.8 cm³/mol. The minimum Gasteiger partial charge on any atom is -0.462 e. The van der Waals surface area contributed by atoms with Crippen LogP contribution in [0, 0.1) is 17.0 Å². The van der Waals surface area contributed by atoms with Crippen molar-refractivity contribution in [3.05, 3.63) is 62.5 Å². The van der Waals surface area contributed by atoms with Crippen LogP contribution in [0.2, 0.25) is 0 Å². The molecule has 0 unspecified atom stereocenters. The molecule has 8 heteroatoms. The van der Waals surface area contributed by atoms with E-state index < -0.39 is 10.9 Å². The first-order chi connectivity index (χ1) is 11.9. The fourth-order valence-electron chi connectivity index (χ4n) is 1.99. The van der Waals surface area contributed by atoms with E-state index in [1.54, 1.807) is 38.1 Å². The van der Waals surface area contributed by atoms with E-state index in [1.807, 2.05) is 0 Å². The highest BCUT2D eigenvalue weighted by atomic mass is 32.1. The molecule has 0 spiro atoms. The number of hydrogen-bond donors (Lipinski definition) is 1. The van der Waals surface area contributed by atoms with Crippen LogP contribution in [-0.4, -0.2) is 23.4 Å². The van der Waals surface area contributed by atoms with Crippen LogP contribution in [0.3, 0.4) is 0 Å². The molecule has 0 saturated carbocycles. The van der Waals surface area contributed by atoms with Crippen molar-refractivity contribution in [2.24, 2.45) is 0 Å². The maximum atomic E-state index is 12.0. The van der Waals surface area contributed by atoms with E-state index in [0.29, 0.717) is 15.4 Å². The Hall–Kier alpha value is -3.00. The van der Waals surface area contributed by atoms with Gasteiger partial charge in [-0.15, -0.1) is 11.3 Å². The Bertz CT molecular complexity index is 824. The van der Waals surface area contributed by atoms with Crippen LogP contribution in [0.15, 0.2) is 36.4 Å². The molecule has 130 valence electrons. The average Bonchev–Trinajstić information content (AvgIpc) is 2.94. The summed E-state index contributed by atoms with van der Waals surface area (Å²) in [6.07, 6.45) is 2.87. The van der Waals surface area contributed by atoms with E-state index >= 15 is 0 Å². The lowest BCUT2D eigenvalue weighted by molar-refractivity contribution is -0.384. The summed E-state index contributed by atoms with van der Waals surface area (Å²) in [7, 11) is 0. The first-order valence-corrected chi connectivity index (χ1v) is 8.23. The number of ether oxygens (including phenoxy) is 1. The van der Waals surface area contributed by atoms with Gasteiger partial charge in [0, 0.05) is 18.2 Å². The highest BCUT2D eigenvalue weighted by Crippen LogP contribution is 2.27. The summed E-state index contributed by atoms with van der Waals surface area (Å²) in [5, 5.41) is 13.8. The number of hydrogen-bond acceptors (Lipinski definition) is 6. The van der Waals surface area contributed by atoms with E-state index in [-0.39, 0.29) is 18.2 Å². The summed E-state index contributed by atoms with van der Waals surface area (Å²) < 4.78 is 4.96. The Morgan fingerprint density at radius 1 is 1.32 bits per heavy atom. The molecule has 0 aliphatic rings. The van der Waals surface area contributed by atoms with Gasteiger partial charge in [0.25, 0.3) is 5.69 Å².